The molecule has 3 rings (SSSR count). The molecule has 3 aromatic rings. The van der Waals surface area contributed by atoms with Gasteiger partial charge in [-0.1, -0.05) is 48.4 Å². The maximum Gasteiger partial charge on any atom is 0.227 e. The number of nitrogens with one attached hydrogen (secondary N) is 1. The van der Waals surface area contributed by atoms with Gasteiger partial charge in [-0.25, -0.2) is 0 Å². The molecule has 0 aliphatic heterocycles. The molecule has 0 bridgehead atoms. The largest absolute Gasteiger partial charge is 0.359 e. The van der Waals surface area contributed by atoms with Crippen LogP contribution >= 0.6 is 0 Å². The van der Waals surface area contributed by atoms with Gasteiger partial charge < -0.3 is 14.4 Å². The zero-order valence-electron chi connectivity index (χ0n) is 15.9. The molecule has 0 unspecified atom stereocenters. The number of benzene rings is 1. The Morgan fingerprint density at radius 1 is 1.19 bits per heavy atom. The summed E-state index contributed by atoms with van der Waals surface area (Å²) in [4.78, 5) is 16.4. The van der Waals surface area contributed by atoms with Crippen LogP contribution in [0.5, 0.6) is 0 Å². The summed E-state index contributed by atoms with van der Waals surface area (Å²) in [5.41, 5.74) is 2.91. The van der Waals surface area contributed by atoms with Crippen LogP contribution in [0.4, 0.5) is 0 Å². The van der Waals surface area contributed by atoms with Gasteiger partial charge in [0.15, 0.2) is 5.76 Å². The summed E-state index contributed by atoms with van der Waals surface area (Å²) in [5, 5.41) is 10.8. The van der Waals surface area contributed by atoms with Crippen molar-refractivity contribution < 1.29 is 13.8 Å². The summed E-state index contributed by atoms with van der Waals surface area (Å²) < 4.78 is 10.5. The topological polar surface area (TPSA) is 94.1 Å². The van der Waals surface area contributed by atoms with Crippen molar-refractivity contribution >= 4 is 5.91 Å². The van der Waals surface area contributed by atoms with Crippen molar-refractivity contribution in [2.75, 3.05) is 0 Å². The van der Waals surface area contributed by atoms with Crippen molar-refractivity contribution in [3.8, 4) is 11.4 Å². The van der Waals surface area contributed by atoms with E-state index in [9.17, 15) is 4.79 Å². The lowest BCUT2D eigenvalue weighted by Gasteiger charge is -2.00. The van der Waals surface area contributed by atoms with E-state index in [1.54, 1.807) is 0 Å². The Labute approximate surface area is 158 Å². The van der Waals surface area contributed by atoms with Gasteiger partial charge in [0.1, 0.15) is 0 Å². The second kappa shape index (κ2) is 8.62. The van der Waals surface area contributed by atoms with Gasteiger partial charge in [0.25, 0.3) is 0 Å². The molecular formula is C20H24N4O3. The molecular weight excluding hydrogens is 344 g/mol. The van der Waals surface area contributed by atoms with E-state index in [0.29, 0.717) is 36.4 Å². The van der Waals surface area contributed by atoms with E-state index in [1.165, 1.54) is 0 Å². The van der Waals surface area contributed by atoms with Gasteiger partial charge in [-0.05, 0) is 24.8 Å². The van der Waals surface area contributed by atoms with Crippen LogP contribution in [-0.4, -0.2) is 21.2 Å². The van der Waals surface area contributed by atoms with E-state index in [-0.39, 0.29) is 12.3 Å². The number of hydrogen-bond acceptors (Lipinski definition) is 6. The predicted molar refractivity (Wildman–Crippen MR) is 99.7 cm³/mol. The van der Waals surface area contributed by atoms with E-state index >= 15 is 0 Å². The maximum atomic E-state index is 12.0. The zero-order valence-corrected chi connectivity index (χ0v) is 15.9. The van der Waals surface area contributed by atoms with Crippen LogP contribution in [0.1, 0.15) is 43.2 Å². The third kappa shape index (κ3) is 5.26. The van der Waals surface area contributed by atoms with Gasteiger partial charge in [0.2, 0.25) is 17.6 Å². The highest BCUT2D eigenvalue weighted by molar-refractivity contribution is 5.75. The Kier molecular flexibility index (Phi) is 6.01. The van der Waals surface area contributed by atoms with Crippen LogP contribution in [-0.2, 0) is 24.2 Å². The highest BCUT2D eigenvalue weighted by atomic mass is 16.5. The van der Waals surface area contributed by atoms with E-state index in [4.69, 9.17) is 9.05 Å². The molecule has 2 aromatic heterocycles. The predicted octanol–water partition coefficient (Wildman–Crippen LogP) is 3.48. The Balaban J connectivity index is 1.47. The molecule has 0 saturated heterocycles. The van der Waals surface area contributed by atoms with E-state index < -0.39 is 0 Å². The van der Waals surface area contributed by atoms with E-state index in [1.807, 2.05) is 37.3 Å². The van der Waals surface area contributed by atoms with Gasteiger partial charge in [-0.3, -0.25) is 4.79 Å². The van der Waals surface area contributed by atoms with Gasteiger partial charge in [0, 0.05) is 24.5 Å². The molecule has 27 heavy (non-hydrogen) atoms. The first-order chi connectivity index (χ1) is 13.0. The number of aromatic nitrogens is 3. The first-order valence-corrected chi connectivity index (χ1v) is 9.11. The molecule has 7 nitrogen and oxygen atoms in total. The van der Waals surface area contributed by atoms with Crippen LogP contribution in [0.15, 0.2) is 39.4 Å². The number of rotatable bonds is 8. The lowest BCUT2D eigenvalue weighted by molar-refractivity contribution is -0.121. The van der Waals surface area contributed by atoms with Crippen LogP contribution in [0.2, 0.25) is 0 Å². The zero-order chi connectivity index (χ0) is 19.2. The minimum absolute atomic E-state index is 0.104. The third-order valence-corrected chi connectivity index (χ3v) is 4.10. The molecule has 0 aliphatic rings. The molecule has 1 N–H and O–H groups in total. The fourth-order valence-electron chi connectivity index (χ4n) is 2.74. The van der Waals surface area contributed by atoms with Crippen molar-refractivity contribution in [2.24, 2.45) is 5.92 Å². The number of carbonyl (C=O) groups is 1. The molecule has 0 aliphatic carbocycles. The quantitative estimate of drug-likeness (QED) is 0.654. The number of nitrogens with zero attached hydrogens (tertiary/aromatic N) is 3. The molecule has 0 fully saturated rings. The molecule has 1 amide bonds. The SMILES string of the molecule is Cc1ccccc1-c1noc(CCC(=O)NCc2cc(CC(C)C)no2)n1. The molecule has 1 aromatic carbocycles. The van der Waals surface area contributed by atoms with E-state index in [2.05, 4.69) is 34.5 Å². The maximum absolute atomic E-state index is 12.0. The van der Waals surface area contributed by atoms with Crippen LogP contribution in [0, 0.1) is 12.8 Å². The first-order valence-electron chi connectivity index (χ1n) is 9.11. The van der Waals surface area contributed by atoms with Crippen LogP contribution in [0.25, 0.3) is 11.4 Å². The highest BCUT2D eigenvalue weighted by Gasteiger charge is 2.13. The average molecular weight is 368 g/mol. The first kappa shape index (κ1) is 18.8. The Hall–Kier alpha value is -2.96. The van der Waals surface area contributed by atoms with E-state index in [0.717, 1.165) is 23.2 Å². The number of hydrogen-bond donors (Lipinski definition) is 1. The standard InChI is InChI=1S/C20H24N4O3/c1-13(2)10-15-11-16(26-23-15)12-21-18(25)8-9-19-22-20(24-27-19)17-7-5-4-6-14(17)3/h4-7,11,13H,8-10,12H2,1-3H3,(H,21,25). The lowest BCUT2D eigenvalue weighted by atomic mass is 10.1. The Morgan fingerprint density at radius 2 is 2.00 bits per heavy atom. The molecule has 0 atom stereocenters. The Bertz CT molecular complexity index is 898. The molecule has 142 valence electrons. The average Bonchev–Trinajstić information content (AvgIpc) is 3.27. The number of amides is 1. The summed E-state index contributed by atoms with van der Waals surface area (Å²) in [7, 11) is 0. The fourth-order valence-corrected chi connectivity index (χ4v) is 2.74. The van der Waals surface area contributed by atoms with Crippen molar-refractivity contribution in [3.05, 3.63) is 53.2 Å². The third-order valence-electron chi connectivity index (χ3n) is 4.10. The summed E-state index contributed by atoms with van der Waals surface area (Å²) in [6, 6.07) is 9.72. The molecule has 0 spiro atoms. The van der Waals surface area contributed by atoms with Gasteiger partial charge in [-0.2, -0.15) is 4.98 Å². The van der Waals surface area contributed by atoms with Crippen molar-refractivity contribution in [3.63, 3.8) is 0 Å². The van der Waals surface area contributed by atoms with Gasteiger partial charge >= 0.3 is 0 Å². The molecule has 0 radical (unpaired) electrons. The minimum atomic E-state index is -0.104. The summed E-state index contributed by atoms with van der Waals surface area (Å²) in [6.07, 6.45) is 1.51. The minimum Gasteiger partial charge on any atom is -0.359 e. The second-order valence-electron chi connectivity index (χ2n) is 6.99. The normalized spacial score (nSPS) is 11.1. The van der Waals surface area contributed by atoms with Crippen LogP contribution in [0.3, 0.4) is 0 Å². The Morgan fingerprint density at radius 3 is 2.78 bits per heavy atom. The summed E-state index contributed by atoms with van der Waals surface area (Å²) >= 11 is 0. The number of carbonyl (C=O) groups excluding carboxylic acids is 1. The summed E-state index contributed by atoms with van der Waals surface area (Å²) in [5.74, 6) is 2.05. The summed E-state index contributed by atoms with van der Waals surface area (Å²) in [6.45, 7) is 6.56. The van der Waals surface area contributed by atoms with Crippen LogP contribution < -0.4 is 5.32 Å². The fraction of sp³-hybridized carbons (Fsp3) is 0.400. The van der Waals surface area contributed by atoms with Gasteiger partial charge in [-0.15, -0.1) is 0 Å². The lowest BCUT2D eigenvalue weighted by Crippen LogP contribution is -2.22. The molecule has 0 saturated carbocycles. The van der Waals surface area contributed by atoms with Gasteiger partial charge in [0.05, 0.1) is 12.2 Å². The second-order valence-corrected chi connectivity index (χ2v) is 6.99. The monoisotopic (exact) mass is 368 g/mol. The molecule has 2 heterocycles. The smallest absolute Gasteiger partial charge is 0.227 e. The number of aryl methyl sites for hydroxylation is 2. The van der Waals surface area contributed by atoms with Crippen molar-refractivity contribution in [2.45, 2.75) is 46.6 Å². The van der Waals surface area contributed by atoms with Crippen molar-refractivity contribution in [1.29, 1.82) is 0 Å². The highest BCUT2D eigenvalue weighted by Crippen LogP contribution is 2.20. The molecule has 7 heteroatoms. The van der Waals surface area contributed by atoms with Crippen molar-refractivity contribution in [1.82, 2.24) is 20.6 Å².